The normalized spacial score (nSPS) is 20.4. The number of allylic oxidation sites excluding steroid dienone is 1. The Labute approximate surface area is 200 Å². The lowest BCUT2D eigenvalue weighted by Crippen LogP contribution is -2.41. The van der Waals surface area contributed by atoms with Gasteiger partial charge in [0.15, 0.2) is 5.76 Å². The number of carbonyl (C=O) groups is 1. The van der Waals surface area contributed by atoms with E-state index in [9.17, 15) is 4.79 Å². The Hall–Kier alpha value is -2.46. The van der Waals surface area contributed by atoms with Gasteiger partial charge in [-0.25, -0.2) is 4.98 Å². The molecule has 0 aliphatic carbocycles. The smallest absolute Gasteiger partial charge is 0.286 e. The molecule has 1 aromatic carbocycles. The highest BCUT2D eigenvalue weighted by molar-refractivity contribution is 5.91. The maximum absolute atomic E-state index is 12.9. The number of para-hydroxylation sites is 2. The number of amides is 1. The summed E-state index contributed by atoms with van der Waals surface area (Å²) in [6.07, 6.45) is 2.13. The summed E-state index contributed by atoms with van der Waals surface area (Å²) in [4.78, 5) is 20.7. The van der Waals surface area contributed by atoms with Gasteiger partial charge in [0.05, 0.1) is 44.0 Å². The molecule has 9 nitrogen and oxygen atoms in total. The second-order valence-corrected chi connectivity index (χ2v) is 8.58. The van der Waals surface area contributed by atoms with Gasteiger partial charge in [-0.3, -0.25) is 4.79 Å². The van der Waals surface area contributed by atoms with Crippen LogP contribution in [0, 0.1) is 17.8 Å². The summed E-state index contributed by atoms with van der Waals surface area (Å²) in [5, 5.41) is 11.7. The first kappa shape index (κ1) is 26.2. The molecule has 0 unspecified atom stereocenters. The van der Waals surface area contributed by atoms with Crippen molar-refractivity contribution in [2.24, 2.45) is 17.8 Å². The summed E-state index contributed by atoms with van der Waals surface area (Å²) in [5.74, 6) is 1.14. The maximum atomic E-state index is 12.9. The third-order valence-corrected chi connectivity index (χ3v) is 5.81. The van der Waals surface area contributed by atoms with Gasteiger partial charge in [0.2, 0.25) is 6.29 Å². The maximum Gasteiger partial charge on any atom is 0.286 e. The summed E-state index contributed by atoms with van der Waals surface area (Å²) in [5.41, 5.74) is 1.79. The van der Waals surface area contributed by atoms with Crippen LogP contribution in [-0.4, -0.2) is 66.9 Å². The van der Waals surface area contributed by atoms with Crippen LogP contribution in [0.2, 0.25) is 0 Å². The van der Waals surface area contributed by atoms with Gasteiger partial charge in [-0.05, 0) is 43.4 Å². The Morgan fingerprint density at radius 2 is 1.97 bits per heavy atom. The lowest BCUT2D eigenvalue weighted by Gasteiger charge is -2.38. The number of aromatic nitrogens is 2. The second-order valence-electron chi connectivity index (χ2n) is 8.58. The fourth-order valence-corrected chi connectivity index (χ4v) is 4.14. The van der Waals surface area contributed by atoms with Crippen LogP contribution in [0.4, 0.5) is 0 Å². The van der Waals surface area contributed by atoms with E-state index in [0.717, 1.165) is 17.5 Å². The lowest BCUT2D eigenvalue weighted by atomic mass is 9.79. The van der Waals surface area contributed by atoms with Crippen molar-refractivity contribution in [1.29, 1.82) is 0 Å². The zero-order valence-corrected chi connectivity index (χ0v) is 20.3. The molecule has 0 saturated heterocycles. The summed E-state index contributed by atoms with van der Waals surface area (Å²) in [7, 11) is 0. The number of benzene rings is 1. The number of hydrogen-bond donors (Lipinski definition) is 3. The van der Waals surface area contributed by atoms with Crippen molar-refractivity contribution in [3.05, 3.63) is 41.9 Å². The van der Waals surface area contributed by atoms with E-state index < -0.39 is 6.29 Å². The van der Waals surface area contributed by atoms with Gasteiger partial charge in [0.1, 0.15) is 5.82 Å². The van der Waals surface area contributed by atoms with Crippen LogP contribution in [0.25, 0.3) is 11.0 Å². The molecule has 1 amide bonds. The molecular formula is C25H37N3O6. The minimum Gasteiger partial charge on any atom is -0.459 e. The number of carbonyl (C=O) groups excluding carboxylic acids is 1. The summed E-state index contributed by atoms with van der Waals surface area (Å²) in [6.45, 7) is 8.70. The highest BCUT2D eigenvalue weighted by Crippen LogP contribution is 2.36. The predicted molar refractivity (Wildman–Crippen MR) is 128 cm³/mol. The van der Waals surface area contributed by atoms with Crippen molar-refractivity contribution in [2.45, 2.75) is 40.0 Å². The van der Waals surface area contributed by atoms with Crippen LogP contribution in [0.15, 0.2) is 36.1 Å². The Morgan fingerprint density at radius 3 is 2.68 bits per heavy atom. The van der Waals surface area contributed by atoms with Crippen molar-refractivity contribution >= 4 is 16.9 Å². The number of aromatic amines is 1. The first-order valence-electron chi connectivity index (χ1n) is 12.0. The predicted octanol–water partition coefficient (Wildman–Crippen LogP) is 2.76. The summed E-state index contributed by atoms with van der Waals surface area (Å²) >= 11 is 0. The molecule has 0 fully saturated rings. The highest BCUT2D eigenvalue weighted by atomic mass is 16.7. The number of ether oxygens (including phenoxy) is 4. The number of aliphatic hydroxyl groups is 1. The molecule has 3 rings (SSSR count). The Balaban J connectivity index is 1.60. The SMILES string of the molecule is CCO[C@H]1OC(C(=O)NCc2nc3ccccc3[nH]2)=C[C@@H](C(C)C)[C@H]1CCOCCOCCO. The van der Waals surface area contributed by atoms with E-state index in [1.165, 1.54) is 0 Å². The van der Waals surface area contributed by atoms with Gasteiger partial charge in [-0.1, -0.05) is 26.0 Å². The molecule has 34 heavy (non-hydrogen) atoms. The molecule has 2 aromatic rings. The Morgan fingerprint density at radius 1 is 1.21 bits per heavy atom. The number of H-pyrrole nitrogens is 1. The van der Waals surface area contributed by atoms with Gasteiger partial charge in [-0.15, -0.1) is 0 Å². The molecular weight excluding hydrogens is 438 g/mol. The number of hydrogen-bond acceptors (Lipinski definition) is 7. The molecule has 1 aliphatic rings. The summed E-state index contributed by atoms with van der Waals surface area (Å²) < 4.78 is 22.8. The molecule has 3 N–H and O–H groups in total. The monoisotopic (exact) mass is 475 g/mol. The van der Waals surface area contributed by atoms with E-state index >= 15 is 0 Å². The van der Waals surface area contributed by atoms with Crippen molar-refractivity contribution in [3.8, 4) is 0 Å². The molecule has 9 heteroatoms. The number of nitrogens with zero attached hydrogens (tertiary/aromatic N) is 1. The van der Waals surface area contributed by atoms with Crippen molar-refractivity contribution < 1.29 is 28.8 Å². The first-order chi connectivity index (χ1) is 16.5. The molecule has 1 aliphatic heterocycles. The van der Waals surface area contributed by atoms with Crippen LogP contribution in [0.3, 0.4) is 0 Å². The number of rotatable bonds is 14. The minimum absolute atomic E-state index is 0.00599. The average Bonchev–Trinajstić information content (AvgIpc) is 3.25. The van der Waals surface area contributed by atoms with Gasteiger partial charge >= 0.3 is 0 Å². The van der Waals surface area contributed by atoms with E-state index in [1.807, 2.05) is 37.3 Å². The molecule has 3 atom stereocenters. The van der Waals surface area contributed by atoms with E-state index in [2.05, 4.69) is 29.1 Å². The summed E-state index contributed by atoms with van der Waals surface area (Å²) in [6, 6.07) is 7.75. The molecule has 188 valence electrons. The molecule has 1 aromatic heterocycles. The van der Waals surface area contributed by atoms with Crippen molar-refractivity contribution in [3.63, 3.8) is 0 Å². The van der Waals surface area contributed by atoms with Crippen molar-refractivity contribution in [2.75, 3.05) is 39.6 Å². The first-order valence-corrected chi connectivity index (χ1v) is 12.0. The number of fused-ring (bicyclic) bond motifs is 1. The standard InChI is InChI=1S/C25H37N3O6/c1-4-33-25-18(9-11-31-13-14-32-12-10-29)19(17(2)3)15-22(34-25)24(30)26-16-23-27-20-7-5-6-8-21(20)28-23/h5-8,15,17-19,25,29H,4,9-14,16H2,1-3H3,(H,26,30)(H,27,28)/t18-,19+,25+/m1/s1. The number of imidazole rings is 1. The van der Waals surface area contributed by atoms with Gasteiger partial charge in [0, 0.05) is 19.1 Å². The molecule has 2 heterocycles. The second kappa shape index (κ2) is 13.4. The van der Waals surface area contributed by atoms with E-state index in [0.29, 0.717) is 44.8 Å². The van der Waals surface area contributed by atoms with Crippen LogP contribution in [0.1, 0.15) is 33.0 Å². The highest BCUT2D eigenvalue weighted by Gasteiger charge is 2.38. The van der Waals surface area contributed by atoms with Gasteiger partial charge in [0.25, 0.3) is 5.91 Å². The zero-order valence-electron chi connectivity index (χ0n) is 20.3. The fraction of sp³-hybridized carbons (Fsp3) is 0.600. The third kappa shape index (κ3) is 7.27. The number of aliphatic hydroxyl groups excluding tert-OH is 1. The Bertz CT molecular complexity index is 895. The van der Waals surface area contributed by atoms with Crippen LogP contribution < -0.4 is 5.32 Å². The number of nitrogens with one attached hydrogen (secondary N) is 2. The van der Waals surface area contributed by atoms with Crippen LogP contribution in [-0.2, 0) is 30.3 Å². The lowest BCUT2D eigenvalue weighted by molar-refractivity contribution is -0.177. The molecule has 0 bridgehead atoms. The van der Waals surface area contributed by atoms with E-state index in [1.54, 1.807) is 0 Å². The van der Waals surface area contributed by atoms with Crippen LogP contribution >= 0.6 is 0 Å². The fourth-order valence-electron chi connectivity index (χ4n) is 4.14. The quantitative estimate of drug-likeness (QED) is 0.360. The van der Waals surface area contributed by atoms with Crippen molar-refractivity contribution in [1.82, 2.24) is 15.3 Å². The van der Waals surface area contributed by atoms with E-state index in [4.69, 9.17) is 24.1 Å². The van der Waals surface area contributed by atoms with E-state index in [-0.39, 0.29) is 36.7 Å². The molecule has 0 radical (unpaired) electrons. The van der Waals surface area contributed by atoms with Crippen LogP contribution in [0.5, 0.6) is 0 Å². The minimum atomic E-state index is -0.524. The average molecular weight is 476 g/mol. The molecule has 0 saturated carbocycles. The zero-order chi connectivity index (χ0) is 24.3. The third-order valence-electron chi connectivity index (χ3n) is 5.81. The van der Waals surface area contributed by atoms with Gasteiger partial charge < -0.3 is 34.4 Å². The topological polar surface area (TPSA) is 115 Å². The molecule has 0 spiro atoms. The largest absolute Gasteiger partial charge is 0.459 e. The Kier molecular flexibility index (Phi) is 10.3. The van der Waals surface area contributed by atoms with Gasteiger partial charge in [-0.2, -0.15) is 0 Å².